The summed E-state index contributed by atoms with van der Waals surface area (Å²) in [7, 11) is 0. The smallest absolute Gasteiger partial charge is 0.325 e. The van der Waals surface area contributed by atoms with E-state index in [0.717, 1.165) is 0 Å². The summed E-state index contributed by atoms with van der Waals surface area (Å²) in [6, 6.07) is 0. The summed E-state index contributed by atoms with van der Waals surface area (Å²) in [5, 5.41) is 8.24. The molecule has 1 saturated carbocycles. The molecule has 0 N–H and O–H groups in total. The van der Waals surface area contributed by atoms with Gasteiger partial charge in [-0.05, 0) is 25.2 Å². The molecule has 84 valence electrons. The quantitative estimate of drug-likeness (QED) is 0.413. The minimum Gasteiger partial charge on any atom is -0.351 e. The number of ether oxygens (including phenoxy) is 1. The lowest BCUT2D eigenvalue weighted by atomic mass is 10.1. The van der Waals surface area contributed by atoms with Crippen LogP contribution >= 0.6 is 13.5 Å². The molecule has 0 bridgehead atoms. The molecule has 2 atom stereocenters. The highest BCUT2D eigenvalue weighted by atomic mass is 32.1. The molecule has 15 heavy (non-hydrogen) atoms. The SMILES string of the molecule is CC(C)=CC1C(C(=O)OC#N)C1(C)C.S. The lowest BCUT2D eigenvalue weighted by Crippen LogP contribution is -2.07. The van der Waals surface area contributed by atoms with Crippen LogP contribution in [-0.2, 0) is 9.53 Å². The van der Waals surface area contributed by atoms with Crippen molar-refractivity contribution < 1.29 is 9.53 Å². The molecule has 0 aromatic carbocycles. The number of nitriles is 1. The molecule has 0 aromatic heterocycles. The van der Waals surface area contributed by atoms with E-state index in [-0.39, 0.29) is 30.7 Å². The number of allylic oxidation sites excluding steroid dienone is 2. The molecule has 1 fully saturated rings. The average Bonchev–Trinajstić information content (AvgIpc) is 2.52. The van der Waals surface area contributed by atoms with Crippen LogP contribution in [0.25, 0.3) is 0 Å². The maximum Gasteiger partial charge on any atom is 0.325 e. The first-order valence-electron chi connectivity index (χ1n) is 4.66. The molecule has 3 nitrogen and oxygen atoms in total. The van der Waals surface area contributed by atoms with Gasteiger partial charge in [0.25, 0.3) is 6.26 Å². The van der Waals surface area contributed by atoms with Gasteiger partial charge in [-0.2, -0.15) is 13.5 Å². The van der Waals surface area contributed by atoms with Gasteiger partial charge in [0.05, 0.1) is 5.92 Å². The van der Waals surface area contributed by atoms with Gasteiger partial charge >= 0.3 is 5.97 Å². The molecule has 1 rings (SSSR count). The van der Waals surface area contributed by atoms with Gasteiger partial charge in [-0.1, -0.05) is 25.5 Å². The maximum absolute atomic E-state index is 11.3. The predicted octanol–water partition coefficient (Wildman–Crippen LogP) is 2.36. The van der Waals surface area contributed by atoms with E-state index < -0.39 is 5.97 Å². The zero-order chi connectivity index (χ0) is 10.9. The first-order valence-corrected chi connectivity index (χ1v) is 4.66. The molecule has 1 aliphatic carbocycles. The van der Waals surface area contributed by atoms with Crippen LogP contribution in [0, 0.1) is 28.8 Å². The van der Waals surface area contributed by atoms with Crippen LogP contribution in [0.15, 0.2) is 11.6 Å². The Kier molecular flexibility index (Phi) is 4.42. The highest BCUT2D eigenvalue weighted by molar-refractivity contribution is 7.59. The Bertz CT molecular complexity index is 324. The standard InChI is InChI=1S/C11H15NO2.H2S/c1-7(2)5-8-9(11(8,3)4)10(13)14-6-12;/h5,8-9H,1-4H3;1H2. The third-order valence-electron chi connectivity index (χ3n) is 2.82. The molecule has 0 aromatic rings. The Hall–Kier alpha value is -0.950. The van der Waals surface area contributed by atoms with Gasteiger partial charge in [0.15, 0.2) is 0 Å². The summed E-state index contributed by atoms with van der Waals surface area (Å²) >= 11 is 0. The minimum absolute atomic E-state index is 0. The van der Waals surface area contributed by atoms with Gasteiger partial charge in [0, 0.05) is 0 Å². The number of rotatable bonds is 2. The highest BCUT2D eigenvalue weighted by Gasteiger charge is 2.61. The molecule has 0 aliphatic heterocycles. The Morgan fingerprint density at radius 2 is 2.00 bits per heavy atom. The number of carbonyl (C=O) groups is 1. The van der Waals surface area contributed by atoms with Gasteiger partial charge in [-0.25, -0.2) is 0 Å². The van der Waals surface area contributed by atoms with Crippen LogP contribution < -0.4 is 0 Å². The van der Waals surface area contributed by atoms with E-state index in [1.54, 1.807) is 0 Å². The Morgan fingerprint density at radius 3 is 2.40 bits per heavy atom. The second-order valence-corrected chi connectivity index (χ2v) is 4.58. The van der Waals surface area contributed by atoms with Crippen LogP contribution in [0.1, 0.15) is 27.7 Å². The topological polar surface area (TPSA) is 50.1 Å². The van der Waals surface area contributed by atoms with Crippen LogP contribution in [0.4, 0.5) is 0 Å². The van der Waals surface area contributed by atoms with Crippen molar-refractivity contribution in [2.45, 2.75) is 27.7 Å². The van der Waals surface area contributed by atoms with E-state index in [1.807, 2.05) is 27.7 Å². The van der Waals surface area contributed by atoms with Crippen molar-refractivity contribution in [3.8, 4) is 6.26 Å². The van der Waals surface area contributed by atoms with Crippen LogP contribution in [0.2, 0.25) is 0 Å². The zero-order valence-electron chi connectivity index (χ0n) is 9.50. The molecular formula is C11H17NO2S. The molecule has 0 amide bonds. The Morgan fingerprint density at radius 1 is 1.47 bits per heavy atom. The van der Waals surface area contributed by atoms with Gasteiger partial charge in [0.1, 0.15) is 0 Å². The summed E-state index contributed by atoms with van der Waals surface area (Å²) in [6.07, 6.45) is 3.50. The normalized spacial score (nSPS) is 25.5. The maximum atomic E-state index is 11.3. The average molecular weight is 227 g/mol. The molecule has 0 saturated heterocycles. The minimum atomic E-state index is -0.403. The van der Waals surface area contributed by atoms with Gasteiger partial charge in [0.2, 0.25) is 0 Å². The van der Waals surface area contributed by atoms with Crippen molar-refractivity contribution in [2.75, 3.05) is 0 Å². The summed E-state index contributed by atoms with van der Waals surface area (Å²) in [5.41, 5.74) is 1.13. The number of nitrogens with zero attached hydrogens (tertiary/aromatic N) is 1. The molecule has 0 heterocycles. The number of hydrogen-bond donors (Lipinski definition) is 0. The predicted molar refractivity (Wildman–Crippen MR) is 62.3 cm³/mol. The molecule has 4 heteroatoms. The van der Waals surface area contributed by atoms with E-state index in [9.17, 15) is 4.79 Å². The lowest BCUT2D eigenvalue weighted by molar-refractivity contribution is -0.139. The fraction of sp³-hybridized carbons (Fsp3) is 0.636. The molecule has 0 spiro atoms. The first kappa shape index (κ1) is 14.1. The van der Waals surface area contributed by atoms with E-state index in [4.69, 9.17) is 5.26 Å². The molecule has 2 unspecified atom stereocenters. The van der Waals surface area contributed by atoms with Crippen LogP contribution in [0.5, 0.6) is 0 Å². The van der Waals surface area contributed by atoms with Crippen molar-refractivity contribution >= 4 is 19.5 Å². The monoisotopic (exact) mass is 227 g/mol. The largest absolute Gasteiger partial charge is 0.351 e. The molecule has 1 aliphatic rings. The second-order valence-electron chi connectivity index (χ2n) is 4.58. The van der Waals surface area contributed by atoms with Gasteiger partial charge in [-0.15, -0.1) is 5.26 Å². The van der Waals surface area contributed by atoms with E-state index in [0.29, 0.717) is 0 Å². The summed E-state index contributed by atoms with van der Waals surface area (Å²) in [4.78, 5) is 11.3. The van der Waals surface area contributed by atoms with E-state index in [2.05, 4.69) is 10.8 Å². The summed E-state index contributed by atoms with van der Waals surface area (Å²) in [6.45, 7) is 8.03. The Labute approximate surface area is 97.6 Å². The van der Waals surface area contributed by atoms with Gasteiger partial charge in [-0.3, -0.25) is 4.79 Å². The fourth-order valence-electron chi connectivity index (χ4n) is 1.91. The second kappa shape index (κ2) is 4.71. The van der Waals surface area contributed by atoms with Crippen LogP contribution in [0.3, 0.4) is 0 Å². The fourth-order valence-corrected chi connectivity index (χ4v) is 1.91. The summed E-state index contributed by atoms with van der Waals surface area (Å²) < 4.78 is 4.35. The molecule has 0 radical (unpaired) electrons. The first-order chi connectivity index (χ1) is 6.41. The highest BCUT2D eigenvalue weighted by Crippen LogP contribution is 2.59. The van der Waals surface area contributed by atoms with Crippen molar-refractivity contribution in [1.29, 1.82) is 5.26 Å². The van der Waals surface area contributed by atoms with Gasteiger partial charge < -0.3 is 4.74 Å². The number of esters is 1. The van der Waals surface area contributed by atoms with E-state index in [1.165, 1.54) is 11.8 Å². The van der Waals surface area contributed by atoms with Crippen LogP contribution in [-0.4, -0.2) is 5.97 Å². The zero-order valence-corrected chi connectivity index (χ0v) is 10.5. The number of hydrogen-bond acceptors (Lipinski definition) is 3. The van der Waals surface area contributed by atoms with Crippen molar-refractivity contribution in [2.24, 2.45) is 17.3 Å². The lowest BCUT2D eigenvalue weighted by Gasteiger charge is -1.97. The van der Waals surface area contributed by atoms with Crippen molar-refractivity contribution in [3.63, 3.8) is 0 Å². The number of carbonyl (C=O) groups excluding carboxylic acids is 1. The summed E-state index contributed by atoms with van der Waals surface area (Å²) in [5.74, 6) is -0.342. The third-order valence-corrected chi connectivity index (χ3v) is 2.82. The Balaban J connectivity index is 0.00000196. The van der Waals surface area contributed by atoms with E-state index >= 15 is 0 Å². The third kappa shape index (κ3) is 2.75. The van der Waals surface area contributed by atoms with Crippen molar-refractivity contribution in [3.05, 3.63) is 11.6 Å². The molecular weight excluding hydrogens is 210 g/mol. The van der Waals surface area contributed by atoms with Crippen molar-refractivity contribution in [1.82, 2.24) is 0 Å².